The minimum atomic E-state index is -4.00. The summed E-state index contributed by atoms with van der Waals surface area (Å²) in [6.07, 6.45) is 3.60. The van der Waals surface area contributed by atoms with Crippen LogP contribution in [-0.2, 0) is 26.0 Å². The van der Waals surface area contributed by atoms with Gasteiger partial charge in [-0.2, -0.15) is 4.72 Å². The monoisotopic (exact) mass is 627 g/mol. The Labute approximate surface area is 245 Å². The minimum absolute atomic E-state index is 0.00522. The molecule has 3 aromatic heterocycles. The van der Waals surface area contributed by atoms with Gasteiger partial charge in [0.2, 0.25) is 0 Å². The quantitative estimate of drug-likeness (QED) is 0.294. The largest absolute Gasteiger partial charge is 0.480 e. The number of nitrogens with one attached hydrogen (secondary N) is 2. The van der Waals surface area contributed by atoms with Crippen molar-refractivity contribution in [1.82, 2.24) is 14.9 Å². The van der Waals surface area contributed by atoms with E-state index in [1.807, 2.05) is 20.8 Å². The van der Waals surface area contributed by atoms with Gasteiger partial charge in [0.05, 0.1) is 4.88 Å². The third-order valence-corrected chi connectivity index (χ3v) is 11.6. The number of carbonyl (C=O) groups is 3. The number of carbonyl (C=O) groups excluding carboxylic acids is 2. The van der Waals surface area contributed by atoms with Crippen LogP contribution in [0.15, 0.2) is 33.9 Å². The summed E-state index contributed by atoms with van der Waals surface area (Å²) < 4.78 is 34.4. The van der Waals surface area contributed by atoms with E-state index >= 15 is 0 Å². The highest BCUT2D eigenvalue weighted by atomic mass is 32.2. The molecule has 0 spiro atoms. The average molecular weight is 628 g/mol. The molecule has 3 aromatic rings. The number of aliphatic carboxylic acids is 1. The summed E-state index contributed by atoms with van der Waals surface area (Å²) in [4.78, 5) is 40.0. The number of thiophene rings is 3. The minimum Gasteiger partial charge on any atom is -0.480 e. The third-order valence-electron chi connectivity index (χ3n) is 6.37. The molecule has 40 heavy (non-hydrogen) atoms. The number of hydrogen-bond donors (Lipinski definition) is 3. The van der Waals surface area contributed by atoms with E-state index in [0.717, 1.165) is 46.4 Å². The molecule has 3 N–H and O–H groups in total. The Morgan fingerprint density at radius 1 is 1.15 bits per heavy atom. The van der Waals surface area contributed by atoms with Crippen LogP contribution in [-0.4, -0.2) is 67.7 Å². The van der Waals surface area contributed by atoms with Crippen molar-refractivity contribution in [2.75, 3.05) is 19.6 Å². The molecule has 1 aliphatic rings. The third kappa shape index (κ3) is 8.03. The zero-order chi connectivity index (χ0) is 29.1. The van der Waals surface area contributed by atoms with Crippen LogP contribution in [0, 0.1) is 5.92 Å². The zero-order valence-electron chi connectivity index (χ0n) is 22.5. The zero-order valence-corrected chi connectivity index (χ0v) is 25.7. The van der Waals surface area contributed by atoms with Crippen LogP contribution in [0.1, 0.15) is 54.6 Å². The molecule has 1 fully saturated rings. The standard InChI is InChI=1S/C26H33N3O7S4/c1-26(2,3)36-25(33)29-10-8-16(9-11-29)6-7-17-13-19-20(38-17)14-21(39-19)23(30)27-15-18(24(31)32)28-40(34,35)22-5-4-12-37-22/h4-5,12-14,16,18,28H,6-11,15H2,1-3H3,(H,27,30)(H,31,32)/t18-/m0/s1. The predicted octanol–water partition coefficient (Wildman–Crippen LogP) is 4.77. The van der Waals surface area contributed by atoms with Gasteiger partial charge in [-0.05, 0) is 76.0 Å². The lowest BCUT2D eigenvalue weighted by Gasteiger charge is -2.33. The van der Waals surface area contributed by atoms with Crippen molar-refractivity contribution in [3.63, 3.8) is 0 Å². The van der Waals surface area contributed by atoms with E-state index in [1.165, 1.54) is 22.3 Å². The molecule has 0 aliphatic carbocycles. The molecule has 0 radical (unpaired) electrons. The number of carboxylic acids is 1. The molecule has 2 amide bonds. The summed E-state index contributed by atoms with van der Waals surface area (Å²) in [5.74, 6) is -1.29. The van der Waals surface area contributed by atoms with E-state index in [9.17, 15) is 27.9 Å². The van der Waals surface area contributed by atoms with Gasteiger partial charge in [-0.25, -0.2) is 13.2 Å². The highest BCUT2D eigenvalue weighted by Crippen LogP contribution is 2.35. The van der Waals surface area contributed by atoms with E-state index in [4.69, 9.17) is 4.74 Å². The molecule has 0 aromatic carbocycles. The predicted molar refractivity (Wildman–Crippen MR) is 157 cm³/mol. The van der Waals surface area contributed by atoms with E-state index < -0.39 is 33.5 Å². The van der Waals surface area contributed by atoms with Gasteiger partial charge in [-0.1, -0.05) is 6.07 Å². The lowest BCUT2D eigenvalue weighted by Crippen LogP contribution is -2.48. The molecule has 218 valence electrons. The Morgan fingerprint density at radius 3 is 2.45 bits per heavy atom. The highest BCUT2D eigenvalue weighted by Gasteiger charge is 2.28. The van der Waals surface area contributed by atoms with Gasteiger partial charge in [-0.15, -0.1) is 34.0 Å². The van der Waals surface area contributed by atoms with Crippen molar-refractivity contribution in [3.05, 3.63) is 39.4 Å². The molecule has 4 heterocycles. The van der Waals surface area contributed by atoms with Crippen LogP contribution in [0.2, 0.25) is 0 Å². The van der Waals surface area contributed by atoms with Gasteiger partial charge in [0.1, 0.15) is 15.9 Å². The second kappa shape index (κ2) is 12.6. The van der Waals surface area contributed by atoms with Crippen molar-refractivity contribution in [2.45, 2.75) is 62.3 Å². The first kappa shape index (κ1) is 30.4. The number of amides is 2. The number of nitrogens with zero attached hydrogens (tertiary/aromatic N) is 1. The summed E-state index contributed by atoms with van der Waals surface area (Å²) in [6, 6.07) is 5.31. The lowest BCUT2D eigenvalue weighted by atomic mass is 9.92. The number of aryl methyl sites for hydroxylation is 1. The van der Waals surface area contributed by atoms with Crippen LogP contribution in [0.5, 0.6) is 0 Å². The number of hydrogen-bond acceptors (Lipinski definition) is 9. The first-order valence-electron chi connectivity index (χ1n) is 12.9. The Bertz CT molecular complexity index is 1420. The summed E-state index contributed by atoms with van der Waals surface area (Å²) in [7, 11) is -4.00. The van der Waals surface area contributed by atoms with Gasteiger partial charge < -0.3 is 20.1 Å². The number of rotatable bonds is 10. The molecular formula is C26H33N3O7S4. The summed E-state index contributed by atoms with van der Waals surface area (Å²) >= 11 is 3.93. The number of fused-ring (bicyclic) bond motifs is 1. The van der Waals surface area contributed by atoms with E-state index in [1.54, 1.807) is 33.7 Å². The molecule has 1 atom stereocenters. The SMILES string of the molecule is CC(C)(C)OC(=O)N1CCC(CCc2cc3sc(C(=O)NC[C@H](NS(=O)(=O)c4cccs4)C(=O)O)cc3s2)CC1. The topological polar surface area (TPSA) is 142 Å². The Morgan fingerprint density at radius 2 is 1.85 bits per heavy atom. The molecule has 0 unspecified atom stereocenters. The van der Waals surface area contributed by atoms with Crippen LogP contribution in [0.3, 0.4) is 0 Å². The molecule has 14 heteroatoms. The van der Waals surface area contributed by atoms with Crippen LogP contribution < -0.4 is 10.0 Å². The molecule has 0 saturated carbocycles. The maximum absolute atomic E-state index is 12.7. The van der Waals surface area contributed by atoms with Crippen molar-refractivity contribution in [1.29, 1.82) is 0 Å². The van der Waals surface area contributed by atoms with Crippen molar-refractivity contribution >= 4 is 71.4 Å². The first-order chi connectivity index (χ1) is 18.8. The second-order valence-corrected chi connectivity index (χ2v) is 15.8. The molecule has 1 aliphatic heterocycles. The Balaban J connectivity index is 1.26. The van der Waals surface area contributed by atoms with Gasteiger partial charge in [0.15, 0.2) is 0 Å². The highest BCUT2D eigenvalue weighted by molar-refractivity contribution is 7.91. The van der Waals surface area contributed by atoms with E-state index in [0.29, 0.717) is 23.9 Å². The summed E-state index contributed by atoms with van der Waals surface area (Å²) in [5.41, 5.74) is -0.494. The fourth-order valence-corrected chi connectivity index (χ4v) is 8.87. The number of piperidine rings is 1. The van der Waals surface area contributed by atoms with Crippen molar-refractivity contribution in [3.8, 4) is 0 Å². The summed E-state index contributed by atoms with van der Waals surface area (Å²) in [5, 5.41) is 13.6. The van der Waals surface area contributed by atoms with Crippen molar-refractivity contribution < 1.29 is 32.6 Å². The molecule has 1 saturated heterocycles. The lowest BCUT2D eigenvalue weighted by molar-refractivity contribution is -0.138. The molecule has 10 nitrogen and oxygen atoms in total. The van der Waals surface area contributed by atoms with Crippen LogP contribution >= 0.6 is 34.0 Å². The van der Waals surface area contributed by atoms with Gasteiger partial charge in [0.25, 0.3) is 15.9 Å². The van der Waals surface area contributed by atoms with Crippen LogP contribution in [0.25, 0.3) is 9.40 Å². The van der Waals surface area contributed by atoms with Gasteiger partial charge >= 0.3 is 12.1 Å². The number of sulfonamides is 1. The molecular weight excluding hydrogens is 595 g/mol. The average Bonchev–Trinajstić information content (AvgIpc) is 3.61. The number of ether oxygens (including phenoxy) is 1. The maximum atomic E-state index is 12.7. The normalized spacial score (nSPS) is 15.7. The number of likely N-dealkylation sites (tertiary alicyclic amines) is 1. The Kier molecular flexibility index (Phi) is 9.55. The van der Waals surface area contributed by atoms with Crippen LogP contribution in [0.4, 0.5) is 4.79 Å². The fourth-order valence-electron chi connectivity index (χ4n) is 4.32. The maximum Gasteiger partial charge on any atom is 0.410 e. The first-order valence-corrected chi connectivity index (χ1v) is 16.9. The van der Waals surface area contributed by atoms with E-state index in [-0.39, 0.29) is 16.8 Å². The Hall–Kier alpha value is -2.52. The van der Waals surface area contributed by atoms with E-state index in [2.05, 4.69) is 16.1 Å². The molecule has 4 rings (SSSR count). The van der Waals surface area contributed by atoms with Gasteiger partial charge in [0, 0.05) is 33.9 Å². The van der Waals surface area contributed by atoms with Gasteiger partial charge in [-0.3, -0.25) is 9.59 Å². The fraction of sp³-hybridized carbons (Fsp3) is 0.500. The molecule has 0 bridgehead atoms. The number of carboxylic acid groups (broad SMARTS) is 1. The van der Waals surface area contributed by atoms with Crippen molar-refractivity contribution in [2.24, 2.45) is 5.92 Å². The smallest absolute Gasteiger partial charge is 0.410 e. The summed E-state index contributed by atoms with van der Waals surface area (Å²) in [6.45, 7) is 6.63. The second-order valence-electron chi connectivity index (χ2n) is 10.7.